The van der Waals surface area contributed by atoms with Crippen molar-refractivity contribution in [2.75, 3.05) is 18.5 Å². The minimum atomic E-state index is -0.724. The molecule has 40 heavy (non-hydrogen) atoms. The van der Waals surface area contributed by atoms with Crippen molar-refractivity contribution in [1.82, 2.24) is 25.2 Å². The van der Waals surface area contributed by atoms with Crippen LogP contribution in [-0.2, 0) is 21.1 Å². The fraction of sp³-hybridized carbons (Fsp3) is 0.464. The number of alkyl halides is 1. The lowest BCUT2D eigenvalue weighted by Gasteiger charge is -2.35. The summed E-state index contributed by atoms with van der Waals surface area (Å²) in [7, 11) is 0. The van der Waals surface area contributed by atoms with E-state index < -0.39 is 22.6 Å². The molecule has 0 radical (unpaired) electrons. The molecule has 6 rings (SSSR count). The molecule has 3 aromatic rings. The predicted octanol–water partition coefficient (Wildman–Crippen LogP) is 2.77. The Morgan fingerprint density at radius 1 is 1.07 bits per heavy atom. The molecule has 12 heteroatoms. The fourth-order valence-corrected chi connectivity index (χ4v) is 10.2. The van der Waals surface area contributed by atoms with Crippen molar-refractivity contribution in [2.24, 2.45) is 11.8 Å². The zero-order valence-electron chi connectivity index (χ0n) is 21.8. The van der Waals surface area contributed by atoms with Gasteiger partial charge >= 0.3 is 0 Å². The van der Waals surface area contributed by atoms with Gasteiger partial charge in [-0.2, -0.15) is 0 Å². The Hall–Kier alpha value is -2.96. The molecular formula is C28H31BrN6O4S. The molecule has 3 aliphatic heterocycles. The van der Waals surface area contributed by atoms with Gasteiger partial charge in [-0.1, -0.05) is 51.5 Å². The Kier molecular flexibility index (Phi) is 7.58. The summed E-state index contributed by atoms with van der Waals surface area (Å²) in [4.78, 5) is 43.4. The number of amides is 3. The first kappa shape index (κ1) is 27.2. The molecular weight excluding hydrogens is 596 g/mol. The van der Waals surface area contributed by atoms with Gasteiger partial charge in [-0.15, -0.1) is 16.9 Å². The Morgan fingerprint density at radius 2 is 1.85 bits per heavy atom. The molecule has 1 spiro atoms. The molecule has 1 aromatic heterocycles. The number of aliphatic hydroxyl groups excluding tert-OH is 1. The maximum atomic E-state index is 14.1. The first-order chi connectivity index (χ1) is 19.4. The van der Waals surface area contributed by atoms with Gasteiger partial charge in [0, 0.05) is 28.9 Å². The predicted molar refractivity (Wildman–Crippen MR) is 156 cm³/mol. The number of thioether (sulfide) groups is 1. The highest BCUT2D eigenvalue weighted by Gasteiger charge is 2.75. The van der Waals surface area contributed by atoms with Gasteiger partial charge in [0.25, 0.3) is 0 Å². The molecule has 3 unspecified atom stereocenters. The van der Waals surface area contributed by atoms with Crippen molar-refractivity contribution in [2.45, 2.75) is 53.2 Å². The second-order valence-electron chi connectivity index (χ2n) is 10.6. The van der Waals surface area contributed by atoms with E-state index in [9.17, 15) is 19.5 Å². The Morgan fingerprint density at radius 3 is 2.65 bits per heavy atom. The van der Waals surface area contributed by atoms with Crippen LogP contribution in [0.1, 0.15) is 25.7 Å². The molecule has 0 aliphatic carbocycles. The van der Waals surface area contributed by atoms with Gasteiger partial charge in [0.1, 0.15) is 18.2 Å². The summed E-state index contributed by atoms with van der Waals surface area (Å²) in [5.41, 5.74) is 2.22. The highest BCUT2D eigenvalue weighted by Crippen LogP contribution is 2.67. The number of para-hydroxylation sites is 2. The SMILES string of the molecule is O=C(NCn1nnc2ccccc21)C1N(CCCCCO)C(=O)[C@@H]2[C@H](C(=O)Nc3ccccc3)[C@H]3SC12CC3Br. The third-order valence-electron chi connectivity index (χ3n) is 8.26. The number of nitrogens with zero attached hydrogens (tertiary/aromatic N) is 4. The third kappa shape index (κ3) is 4.59. The monoisotopic (exact) mass is 626 g/mol. The molecule has 3 saturated heterocycles. The van der Waals surface area contributed by atoms with Crippen LogP contribution in [0.2, 0.25) is 0 Å². The van der Waals surface area contributed by atoms with E-state index in [0.29, 0.717) is 31.5 Å². The summed E-state index contributed by atoms with van der Waals surface area (Å²) in [6, 6.07) is 16.0. The number of benzene rings is 2. The lowest BCUT2D eigenvalue weighted by Crippen LogP contribution is -2.54. The second kappa shape index (κ2) is 11.1. The Labute approximate surface area is 244 Å². The van der Waals surface area contributed by atoms with Crippen LogP contribution in [-0.4, -0.2) is 76.7 Å². The number of rotatable bonds is 10. The fourth-order valence-electron chi connectivity index (χ4n) is 6.57. The second-order valence-corrected chi connectivity index (χ2v) is 13.3. The molecule has 3 N–H and O–H groups in total. The van der Waals surface area contributed by atoms with Crippen molar-refractivity contribution in [3.63, 3.8) is 0 Å². The molecule has 2 bridgehead atoms. The number of aliphatic hydroxyl groups is 1. The minimum absolute atomic E-state index is 0.00280. The van der Waals surface area contributed by atoms with Gasteiger partial charge in [-0.25, -0.2) is 4.68 Å². The van der Waals surface area contributed by atoms with Crippen molar-refractivity contribution < 1.29 is 19.5 Å². The van der Waals surface area contributed by atoms with Crippen LogP contribution in [0.3, 0.4) is 0 Å². The maximum absolute atomic E-state index is 14.1. The number of fused-ring (bicyclic) bond motifs is 2. The maximum Gasteiger partial charge on any atom is 0.245 e. The van der Waals surface area contributed by atoms with Crippen LogP contribution in [0.5, 0.6) is 0 Å². The highest BCUT2D eigenvalue weighted by atomic mass is 79.9. The molecule has 3 aliphatic rings. The van der Waals surface area contributed by atoms with E-state index in [0.717, 1.165) is 17.5 Å². The summed E-state index contributed by atoms with van der Waals surface area (Å²) in [6.45, 7) is 0.598. The van der Waals surface area contributed by atoms with Gasteiger partial charge < -0.3 is 20.6 Å². The van der Waals surface area contributed by atoms with E-state index in [1.54, 1.807) is 21.3 Å². The number of likely N-dealkylation sites (tertiary alicyclic amines) is 1. The van der Waals surface area contributed by atoms with Gasteiger partial charge in [-0.3, -0.25) is 14.4 Å². The largest absolute Gasteiger partial charge is 0.396 e. The number of carbonyl (C=O) groups excluding carboxylic acids is 3. The van der Waals surface area contributed by atoms with Crippen LogP contribution in [0.4, 0.5) is 5.69 Å². The Bertz CT molecular complexity index is 1420. The van der Waals surface area contributed by atoms with Crippen LogP contribution in [0.25, 0.3) is 11.0 Å². The van der Waals surface area contributed by atoms with E-state index in [1.165, 1.54) is 0 Å². The molecule has 10 nitrogen and oxygen atoms in total. The number of unbranched alkanes of at least 4 members (excludes halogenated alkanes) is 2. The topological polar surface area (TPSA) is 129 Å². The van der Waals surface area contributed by atoms with Crippen molar-refractivity contribution in [1.29, 1.82) is 0 Å². The number of aromatic nitrogens is 3. The summed E-state index contributed by atoms with van der Waals surface area (Å²) in [6.07, 6.45) is 2.66. The number of nitrogens with one attached hydrogen (secondary N) is 2. The molecule has 0 saturated carbocycles. The minimum Gasteiger partial charge on any atom is -0.396 e. The smallest absolute Gasteiger partial charge is 0.245 e. The summed E-state index contributed by atoms with van der Waals surface area (Å²) in [5, 5.41) is 23.5. The van der Waals surface area contributed by atoms with Crippen LogP contribution in [0, 0.1) is 11.8 Å². The van der Waals surface area contributed by atoms with Gasteiger partial charge in [0.15, 0.2) is 0 Å². The van der Waals surface area contributed by atoms with E-state index in [2.05, 4.69) is 36.9 Å². The van der Waals surface area contributed by atoms with Crippen LogP contribution >= 0.6 is 27.7 Å². The molecule has 6 atom stereocenters. The summed E-state index contributed by atoms with van der Waals surface area (Å²) >= 11 is 5.41. The summed E-state index contributed by atoms with van der Waals surface area (Å²) in [5.74, 6) is -1.75. The third-order valence-corrected chi connectivity index (χ3v) is 11.5. The van der Waals surface area contributed by atoms with Gasteiger partial charge in [0.2, 0.25) is 17.7 Å². The molecule has 2 aromatic carbocycles. The normalized spacial score (nSPS) is 28.7. The standard InChI is InChI=1S/C28H31BrN6O4S/c29-18-15-28-22(21(23(18)40-28)25(37)31-17-9-3-1-4-10-17)27(39)34(13-7-2-8-14-36)24(28)26(38)30-16-35-20-12-6-5-11-19(20)32-33-35/h1,3-6,9-12,18,21-24,36H,2,7-8,13-16H2,(H,30,38)(H,31,37)/t18?,21-,22-,23-,24?,28?/m0/s1. The molecule has 4 heterocycles. The summed E-state index contributed by atoms with van der Waals surface area (Å²) < 4.78 is 0.910. The zero-order valence-corrected chi connectivity index (χ0v) is 24.2. The average Bonchev–Trinajstić information content (AvgIpc) is 3.67. The average molecular weight is 628 g/mol. The van der Waals surface area contributed by atoms with Crippen LogP contribution < -0.4 is 10.6 Å². The van der Waals surface area contributed by atoms with Crippen molar-refractivity contribution >= 4 is 62.1 Å². The first-order valence-electron chi connectivity index (χ1n) is 13.6. The van der Waals surface area contributed by atoms with E-state index >= 15 is 0 Å². The molecule has 210 valence electrons. The molecule has 3 amide bonds. The lowest BCUT2D eigenvalue weighted by molar-refractivity contribution is -0.139. The van der Waals surface area contributed by atoms with Crippen molar-refractivity contribution in [3.8, 4) is 0 Å². The highest BCUT2D eigenvalue weighted by molar-refractivity contribution is 9.09. The first-order valence-corrected chi connectivity index (χ1v) is 15.4. The van der Waals surface area contributed by atoms with Gasteiger partial charge in [0.05, 0.1) is 22.1 Å². The number of hydrogen-bond acceptors (Lipinski definition) is 7. The quantitative estimate of drug-likeness (QED) is 0.233. The lowest BCUT2D eigenvalue weighted by atomic mass is 9.70. The van der Waals surface area contributed by atoms with Crippen molar-refractivity contribution in [3.05, 3.63) is 54.6 Å². The van der Waals surface area contributed by atoms with E-state index in [4.69, 9.17) is 0 Å². The zero-order chi connectivity index (χ0) is 27.9. The number of anilines is 1. The van der Waals surface area contributed by atoms with E-state index in [-0.39, 0.29) is 41.1 Å². The van der Waals surface area contributed by atoms with E-state index in [1.807, 2.05) is 54.6 Å². The van der Waals surface area contributed by atoms with Gasteiger partial charge in [-0.05, 0) is 49.9 Å². The van der Waals surface area contributed by atoms with Crippen LogP contribution in [0.15, 0.2) is 54.6 Å². The Balaban J connectivity index is 1.28. The number of halogens is 1. The number of hydrogen-bond donors (Lipinski definition) is 3. The number of carbonyl (C=O) groups is 3. The molecule has 3 fully saturated rings.